The van der Waals surface area contributed by atoms with E-state index in [4.69, 9.17) is 9.47 Å². The Labute approximate surface area is 206 Å². The lowest BCUT2D eigenvalue weighted by molar-refractivity contribution is -0.119. The fraction of sp³-hybridized carbons (Fsp3) is 0.360. The maximum absolute atomic E-state index is 12.6. The van der Waals surface area contributed by atoms with Crippen molar-refractivity contribution in [1.82, 2.24) is 10.3 Å². The molecule has 2 aromatic heterocycles. The van der Waals surface area contributed by atoms with Crippen LogP contribution in [0.25, 0.3) is 10.9 Å². The SMILES string of the molecule is CCOC(=O)c1c(NC(=O)COC(=O)c2ccc3[nH]c4c(c3c2)CCCC4)sc(C(=O)NC)c1C. The molecule has 3 aromatic rings. The average Bonchev–Trinajstić information content (AvgIpc) is 3.38. The molecule has 4 rings (SSSR count). The standard InChI is InChI=1S/C25H27N3O6S/c1-4-33-25(32)20-13(2)21(22(30)26-3)35-23(20)28-19(29)12-34-24(31)14-9-10-18-16(11-14)15-7-5-6-8-17(15)27-18/h9-11,27H,4-8,12H2,1-3H3,(H,26,30)(H,28,29). The molecule has 1 aliphatic rings. The van der Waals surface area contributed by atoms with Crippen LogP contribution in [-0.4, -0.2) is 49.0 Å². The van der Waals surface area contributed by atoms with Gasteiger partial charge < -0.3 is 25.1 Å². The molecular formula is C25H27N3O6S. The zero-order valence-electron chi connectivity index (χ0n) is 19.8. The molecule has 0 bridgehead atoms. The Hall–Kier alpha value is -3.66. The second-order valence-electron chi connectivity index (χ2n) is 8.23. The molecule has 9 nitrogen and oxygen atoms in total. The number of anilines is 1. The van der Waals surface area contributed by atoms with Crippen molar-refractivity contribution in [2.24, 2.45) is 0 Å². The van der Waals surface area contributed by atoms with E-state index in [1.165, 1.54) is 18.3 Å². The minimum absolute atomic E-state index is 0.109. The molecule has 0 spiro atoms. The van der Waals surface area contributed by atoms with E-state index in [1.54, 1.807) is 26.0 Å². The number of hydrogen-bond acceptors (Lipinski definition) is 7. The molecule has 0 aliphatic heterocycles. The van der Waals surface area contributed by atoms with Crippen LogP contribution in [0, 0.1) is 6.92 Å². The number of thiophene rings is 1. The quantitative estimate of drug-likeness (QED) is 0.427. The Morgan fingerprint density at radius 3 is 2.60 bits per heavy atom. The van der Waals surface area contributed by atoms with Gasteiger partial charge in [-0.1, -0.05) is 0 Å². The molecule has 0 unspecified atom stereocenters. The Kier molecular flexibility index (Phi) is 7.20. The molecule has 1 aliphatic carbocycles. The van der Waals surface area contributed by atoms with Gasteiger partial charge in [0.1, 0.15) is 5.00 Å². The normalized spacial score (nSPS) is 12.7. The number of aryl methyl sites for hydroxylation is 2. The summed E-state index contributed by atoms with van der Waals surface area (Å²) in [6.45, 7) is 2.87. The summed E-state index contributed by atoms with van der Waals surface area (Å²) in [5.74, 6) is -2.28. The number of hydrogen-bond donors (Lipinski definition) is 3. The van der Waals surface area contributed by atoms with Gasteiger partial charge in [0, 0.05) is 23.6 Å². The van der Waals surface area contributed by atoms with Gasteiger partial charge in [0.15, 0.2) is 6.61 Å². The van der Waals surface area contributed by atoms with Gasteiger partial charge in [0.25, 0.3) is 11.8 Å². The molecule has 3 N–H and O–H groups in total. The van der Waals surface area contributed by atoms with Gasteiger partial charge in [-0.2, -0.15) is 0 Å². The Balaban J connectivity index is 1.47. The summed E-state index contributed by atoms with van der Waals surface area (Å²) in [6.07, 6.45) is 4.24. The Morgan fingerprint density at radius 2 is 1.86 bits per heavy atom. The molecule has 0 atom stereocenters. The van der Waals surface area contributed by atoms with E-state index in [0.29, 0.717) is 11.1 Å². The van der Waals surface area contributed by atoms with E-state index in [9.17, 15) is 19.2 Å². The van der Waals surface area contributed by atoms with Gasteiger partial charge in [-0.05, 0) is 68.9 Å². The van der Waals surface area contributed by atoms with Crippen molar-refractivity contribution in [1.29, 1.82) is 0 Å². The van der Waals surface area contributed by atoms with Crippen LogP contribution < -0.4 is 10.6 Å². The van der Waals surface area contributed by atoms with Gasteiger partial charge in [0.05, 0.1) is 22.6 Å². The van der Waals surface area contributed by atoms with Gasteiger partial charge in [0.2, 0.25) is 0 Å². The first-order valence-corrected chi connectivity index (χ1v) is 12.3. The summed E-state index contributed by atoms with van der Waals surface area (Å²) in [4.78, 5) is 53.5. The van der Waals surface area contributed by atoms with Crippen LogP contribution in [0.4, 0.5) is 5.00 Å². The Bertz CT molecular complexity index is 1320. The third kappa shape index (κ3) is 4.93. The number of rotatable bonds is 7. The van der Waals surface area contributed by atoms with Crippen LogP contribution in [0.3, 0.4) is 0 Å². The van der Waals surface area contributed by atoms with Crippen LogP contribution in [0.5, 0.6) is 0 Å². The van der Waals surface area contributed by atoms with Crippen molar-refractivity contribution in [2.75, 3.05) is 25.6 Å². The first kappa shape index (κ1) is 24.5. The summed E-state index contributed by atoms with van der Waals surface area (Å²) >= 11 is 0.959. The number of H-pyrrole nitrogens is 1. The van der Waals surface area contributed by atoms with Crippen molar-refractivity contribution in [3.8, 4) is 0 Å². The molecule has 0 fully saturated rings. The molecule has 2 amide bonds. The summed E-state index contributed by atoms with van der Waals surface area (Å²) < 4.78 is 10.3. The second-order valence-corrected chi connectivity index (χ2v) is 9.25. The minimum Gasteiger partial charge on any atom is -0.462 e. The van der Waals surface area contributed by atoms with Gasteiger partial charge in [-0.25, -0.2) is 9.59 Å². The van der Waals surface area contributed by atoms with E-state index in [0.717, 1.165) is 47.9 Å². The number of fused-ring (bicyclic) bond motifs is 3. The summed E-state index contributed by atoms with van der Waals surface area (Å²) in [5.41, 5.74) is 4.32. The number of benzene rings is 1. The number of aromatic amines is 1. The average molecular weight is 498 g/mol. The van der Waals surface area contributed by atoms with Crippen molar-refractivity contribution < 1.29 is 28.7 Å². The van der Waals surface area contributed by atoms with Crippen molar-refractivity contribution >= 4 is 51.0 Å². The second kappa shape index (κ2) is 10.3. The van der Waals surface area contributed by atoms with Gasteiger partial charge in [-0.3, -0.25) is 9.59 Å². The summed E-state index contributed by atoms with van der Waals surface area (Å²) in [6, 6.07) is 5.32. The highest BCUT2D eigenvalue weighted by atomic mass is 32.1. The molecule has 2 heterocycles. The lowest BCUT2D eigenvalue weighted by Crippen LogP contribution is -2.21. The predicted molar refractivity (Wildman–Crippen MR) is 132 cm³/mol. The lowest BCUT2D eigenvalue weighted by atomic mass is 9.95. The molecule has 184 valence electrons. The molecular weight excluding hydrogens is 470 g/mol. The number of amides is 2. The highest BCUT2D eigenvalue weighted by molar-refractivity contribution is 7.18. The largest absolute Gasteiger partial charge is 0.462 e. The molecule has 35 heavy (non-hydrogen) atoms. The third-order valence-electron chi connectivity index (χ3n) is 5.98. The van der Waals surface area contributed by atoms with E-state index in [2.05, 4.69) is 15.6 Å². The van der Waals surface area contributed by atoms with E-state index < -0.39 is 24.5 Å². The Morgan fingerprint density at radius 1 is 1.09 bits per heavy atom. The maximum Gasteiger partial charge on any atom is 0.341 e. The summed E-state index contributed by atoms with van der Waals surface area (Å²) in [7, 11) is 1.48. The van der Waals surface area contributed by atoms with Crippen LogP contribution >= 0.6 is 11.3 Å². The first-order valence-electron chi connectivity index (χ1n) is 11.5. The zero-order chi connectivity index (χ0) is 25.1. The molecule has 0 saturated carbocycles. The van der Waals surface area contributed by atoms with E-state index >= 15 is 0 Å². The fourth-order valence-corrected chi connectivity index (χ4v) is 5.45. The smallest absolute Gasteiger partial charge is 0.341 e. The minimum atomic E-state index is -0.646. The first-order chi connectivity index (χ1) is 16.8. The van der Waals surface area contributed by atoms with Crippen molar-refractivity contribution in [2.45, 2.75) is 39.5 Å². The number of carbonyl (C=O) groups is 4. The predicted octanol–water partition coefficient (Wildman–Crippen LogP) is 3.75. The third-order valence-corrected chi connectivity index (χ3v) is 7.19. The zero-order valence-corrected chi connectivity index (χ0v) is 20.6. The van der Waals surface area contributed by atoms with Gasteiger partial charge in [-0.15, -0.1) is 11.3 Å². The van der Waals surface area contributed by atoms with Crippen LogP contribution in [-0.2, 0) is 27.1 Å². The van der Waals surface area contributed by atoms with Gasteiger partial charge >= 0.3 is 11.9 Å². The fourth-order valence-electron chi connectivity index (χ4n) is 4.29. The molecule has 0 saturated heterocycles. The summed E-state index contributed by atoms with van der Waals surface area (Å²) in [5, 5.41) is 6.27. The number of nitrogens with one attached hydrogen (secondary N) is 3. The lowest BCUT2D eigenvalue weighted by Gasteiger charge is -2.10. The number of ether oxygens (including phenoxy) is 2. The highest BCUT2D eigenvalue weighted by Gasteiger charge is 2.26. The molecule has 10 heteroatoms. The monoisotopic (exact) mass is 497 g/mol. The topological polar surface area (TPSA) is 127 Å². The van der Waals surface area contributed by atoms with Crippen molar-refractivity contribution in [3.05, 3.63) is 51.0 Å². The van der Waals surface area contributed by atoms with Crippen LogP contribution in [0.15, 0.2) is 18.2 Å². The maximum atomic E-state index is 12.6. The van der Waals surface area contributed by atoms with Crippen LogP contribution in [0.1, 0.15) is 67.0 Å². The highest BCUT2D eigenvalue weighted by Crippen LogP contribution is 2.34. The molecule has 1 aromatic carbocycles. The van der Waals surface area contributed by atoms with E-state index in [1.807, 2.05) is 6.07 Å². The van der Waals surface area contributed by atoms with Crippen LogP contribution in [0.2, 0.25) is 0 Å². The van der Waals surface area contributed by atoms with E-state index in [-0.39, 0.29) is 28.0 Å². The molecule has 0 radical (unpaired) electrons. The van der Waals surface area contributed by atoms with Crippen molar-refractivity contribution in [3.63, 3.8) is 0 Å². The number of aromatic nitrogens is 1. The number of esters is 2. The number of carbonyl (C=O) groups excluding carboxylic acids is 4.